The third-order valence-corrected chi connectivity index (χ3v) is 2.48. The van der Waals surface area contributed by atoms with Gasteiger partial charge in [0.15, 0.2) is 0 Å². The Bertz CT molecular complexity index is 689. The number of rotatable bonds is 2. The zero-order chi connectivity index (χ0) is 12.5. The predicted octanol–water partition coefficient (Wildman–Crippen LogP) is 0.780. The Kier molecular flexibility index (Phi) is 2.38. The SMILES string of the molecule is Cc1cc(NN)n2nc(-c3ccccn3)nc2n1. The maximum absolute atomic E-state index is 5.45. The van der Waals surface area contributed by atoms with Crippen molar-refractivity contribution in [1.29, 1.82) is 0 Å². The highest BCUT2D eigenvalue weighted by molar-refractivity contribution is 5.54. The molecule has 3 aromatic heterocycles. The number of nitrogens with one attached hydrogen (secondary N) is 1. The van der Waals surface area contributed by atoms with Gasteiger partial charge in [-0.05, 0) is 19.1 Å². The normalized spacial score (nSPS) is 10.8. The summed E-state index contributed by atoms with van der Waals surface area (Å²) in [6.45, 7) is 1.87. The second kappa shape index (κ2) is 4.04. The molecule has 0 aliphatic rings. The summed E-state index contributed by atoms with van der Waals surface area (Å²) in [6, 6.07) is 7.37. The van der Waals surface area contributed by atoms with Gasteiger partial charge in [0.1, 0.15) is 11.5 Å². The van der Waals surface area contributed by atoms with E-state index in [0.29, 0.717) is 23.1 Å². The molecule has 0 atom stereocenters. The summed E-state index contributed by atoms with van der Waals surface area (Å²) in [5, 5.41) is 4.33. The average molecular weight is 241 g/mol. The average Bonchev–Trinajstić information content (AvgIpc) is 2.82. The van der Waals surface area contributed by atoms with Crippen LogP contribution in [0.5, 0.6) is 0 Å². The van der Waals surface area contributed by atoms with E-state index in [9.17, 15) is 0 Å². The Labute approximate surface area is 103 Å². The highest BCUT2D eigenvalue weighted by Gasteiger charge is 2.11. The highest BCUT2D eigenvalue weighted by atomic mass is 15.4. The lowest BCUT2D eigenvalue weighted by Gasteiger charge is -2.02. The van der Waals surface area contributed by atoms with Crippen LogP contribution in [-0.2, 0) is 0 Å². The monoisotopic (exact) mass is 241 g/mol. The number of aromatic nitrogens is 5. The maximum atomic E-state index is 5.45. The van der Waals surface area contributed by atoms with E-state index >= 15 is 0 Å². The maximum Gasteiger partial charge on any atom is 0.254 e. The smallest absolute Gasteiger partial charge is 0.254 e. The minimum Gasteiger partial charge on any atom is -0.308 e. The molecule has 18 heavy (non-hydrogen) atoms. The highest BCUT2D eigenvalue weighted by Crippen LogP contribution is 2.15. The Hall–Kier alpha value is -2.54. The van der Waals surface area contributed by atoms with Gasteiger partial charge in [-0.25, -0.2) is 10.8 Å². The lowest BCUT2D eigenvalue weighted by atomic mass is 10.3. The molecule has 3 rings (SSSR count). The molecule has 0 saturated carbocycles. The summed E-state index contributed by atoms with van der Waals surface area (Å²) < 4.78 is 1.55. The Morgan fingerprint density at radius 3 is 2.89 bits per heavy atom. The summed E-state index contributed by atoms with van der Waals surface area (Å²) in [5.41, 5.74) is 4.09. The van der Waals surface area contributed by atoms with Crippen LogP contribution in [0.2, 0.25) is 0 Å². The molecule has 90 valence electrons. The van der Waals surface area contributed by atoms with Crippen LogP contribution in [0.3, 0.4) is 0 Å². The van der Waals surface area contributed by atoms with Crippen molar-refractivity contribution in [3.05, 3.63) is 36.2 Å². The molecular weight excluding hydrogens is 230 g/mol. The first-order valence-corrected chi connectivity index (χ1v) is 5.40. The molecule has 3 aromatic rings. The van der Waals surface area contributed by atoms with Crippen LogP contribution in [0.25, 0.3) is 17.3 Å². The van der Waals surface area contributed by atoms with Crippen molar-refractivity contribution in [2.45, 2.75) is 6.92 Å². The fraction of sp³-hybridized carbons (Fsp3) is 0.0909. The van der Waals surface area contributed by atoms with Crippen molar-refractivity contribution in [1.82, 2.24) is 24.6 Å². The van der Waals surface area contributed by atoms with E-state index in [0.717, 1.165) is 5.69 Å². The zero-order valence-electron chi connectivity index (χ0n) is 9.70. The summed E-state index contributed by atoms with van der Waals surface area (Å²) in [4.78, 5) is 12.8. The van der Waals surface area contributed by atoms with E-state index < -0.39 is 0 Å². The number of nitrogen functional groups attached to an aromatic ring is 1. The van der Waals surface area contributed by atoms with Crippen LogP contribution in [0.4, 0.5) is 5.82 Å². The Balaban J connectivity index is 2.23. The number of pyridine rings is 1. The van der Waals surface area contributed by atoms with Gasteiger partial charge in [0, 0.05) is 18.0 Å². The third-order valence-electron chi connectivity index (χ3n) is 2.48. The first-order valence-electron chi connectivity index (χ1n) is 5.40. The van der Waals surface area contributed by atoms with Crippen LogP contribution in [0.15, 0.2) is 30.5 Å². The second-order valence-electron chi connectivity index (χ2n) is 3.79. The van der Waals surface area contributed by atoms with Gasteiger partial charge in [0.05, 0.1) is 0 Å². The number of anilines is 1. The molecule has 0 aromatic carbocycles. The Morgan fingerprint density at radius 2 is 2.17 bits per heavy atom. The summed E-state index contributed by atoms with van der Waals surface area (Å²) in [6.07, 6.45) is 1.70. The van der Waals surface area contributed by atoms with Crippen molar-refractivity contribution in [3.8, 4) is 11.5 Å². The predicted molar refractivity (Wildman–Crippen MR) is 66.6 cm³/mol. The van der Waals surface area contributed by atoms with Gasteiger partial charge in [0.2, 0.25) is 5.82 Å². The number of fused-ring (bicyclic) bond motifs is 1. The number of nitrogens with two attached hydrogens (primary N) is 1. The van der Waals surface area contributed by atoms with Gasteiger partial charge in [-0.2, -0.15) is 9.50 Å². The zero-order valence-corrected chi connectivity index (χ0v) is 9.70. The standard InChI is InChI=1S/C11H11N7/c1-7-6-9(16-12)18-11(14-7)15-10(17-18)8-4-2-3-5-13-8/h2-6,16H,12H2,1H3. The molecule has 0 bridgehead atoms. The van der Waals surface area contributed by atoms with Gasteiger partial charge in [-0.15, -0.1) is 5.10 Å². The van der Waals surface area contributed by atoms with Crippen molar-refractivity contribution in [2.24, 2.45) is 5.84 Å². The molecule has 0 amide bonds. The van der Waals surface area contributed by atoms with E-state index in [-0.39, 0.29) is 0 Å². The quantitative estimate of drug-likeness (QED) is 0.508. The summed E-state index contributed by atoms with van der Waals surface area (Å²) in [7, 11) is 0. The third kappa shape index (κ3) is 1.66. The van der Waals surface area contributed by atoms with Crippen LogP contribution >= 0.6 is 0 Å². The number of aryl methyl sites for hydroxylation is 1. The lowest BCUT2D eigenvalue weighted by Crippen LogP contribution is -2.12. The van der Waals surface area contributed by atoms with Crippen LogP contribution in [0.1, 0.15) is 5.69 Å². The molecule has 7 heteroatoms. The van der Waals surface area contributed by atoms with Crippen molar-refractivity contribution >= 4 is 11.6 Å². The molecule has 3 N–H and O–H groups in total. The Morgan fingerprint density at radius 1 is 1.28 bits per heavy atom. The lowest BCUT2D eigenvalue weighted by molar-refractivity contribution is 0.927. The molecule has 0 unspecified atom stereocenters. The molecule has 0 aliphatic carbocycles. The van der Waals surface area contributed by atoms with Crippen molar-refractivity contribution < 1.29 is 0 Å². The van der Waals surface area contributed by atoms with Gasteiger partial charge in [0.25, 0.3) is 5.78 Å². The van der Waals surface area contributed by atoms with E-state index in [1.807, 2.05) is 25.1 Å². The van der Waals surface area contributed by atoms with Gasteiger partial charge in [-0.3, -0.25) is 4.98 Å². The number of hydrogen-bond acceptors (Lipinski definition) is 6. The largest absolute Gasteiger partial charge is 0.308 e. The molecule has 0 radical (unpaired) electrons. The first-order chi connectivity index (χ1) is 8.78. The number of hydrogen-bond donors (Lipinski definition) is 2. The van der Waals surface area contributed by atoms with E-state index in [1.165, 1.54) is 0 Å². The van der Waals surface area contributed by atoms with Gasteiger partial charge >= 0.3 is 0 Å². The van der Waals surface area contributed by atoms with E-state index in [1.54, 1.807) is 16.8 Å². The minimum absolute atomic E-state index is 0.489. The first kappa shape index (κ1) is 10.6. The van der Waals surface area contributed by atoms with E-state index in [4.69, 9.17) is 5.84 Å². The van der Waals surface area contributed by atoms with Gasteiger partial charge in [-0.1, -0.05) is 6.07 Å². The fourth-order valence-corrected chi connectivity index (χ4v) is 1.69. The summed E-state index contributed by atoms with van der Waals surface area (Å²) >= 11 is 0. The van der Waals surface area contributed by atoms with E-state index in [2.05, 4.69) is 25.5 Å². The topological polar surface area (TPSA) is 94.0 Å². The molecule has 0 aliphatic heterocycles. The van der Waals surface area contributed by atoms with Crippen LogP contribution in [-0.4, -0.2) is 24.6 Å². The van der Waals surface area contributed by atoms with Crippen LogP contribution in [0, 0.1) is 6.92 Å². The second-order valence-corrected chi connectivity index (χ2v) is 3.79. The summed E-state index contributed by atoms with van der Waals surface area (Å²) in [5.74, 6) is 7.09. The fourth-order valence-electron chi connectivity index (χ4n) is 1.69. The molecule has 0 fully saturated rings. The molecule has 7 nitrogen and oxygen atoms in total. The van der Waals surface area contributed by atoms with Crippen LogP contribution < -0.4 is 11.3 Å². The molecular formula is C11H11N7. The molecule has 3 heterocycles. The molecule has 0 spiro atoms. The number of nitrogens with zero attached hydrogens (tertiary/aromatic N) is 5. The van der Waals surface area contributed by atoms with Gasteiger partial charge < -0.3 is 5.43 Å². The van der Waals surface area contributed by atoms with Crippen molar-refractivity contribution in [3.63, 3.8) is 0 Å². The minimum atomic E-state index is 0.489. The number of hydrazine groups is 1. The molecule has 0 saturated heterocycles. The van der Waals surface area contributed by atoms with Crippen molar-refractivity contribution in [2.75, 3.05) is 5.43 Å².